The van der Waals surface area contributed by atoms with Crippen LogP contribution >= 0.6 is 0 Å². The average Bonchev–Trinajstić information content (AvgIpc) is 1.99. The van der Waals surface area contributed by atoms with E-state index in [1.807, 2.05) is 0 Å². The number of hydrogen-bond acceptors (Lipinski definition) is 3. The Kier molecular flexibility index (Phi) is 2.05. The predicted octanol–water partition coefficient (Wildman–Crippen LogP) is 0.693. The molecule has 0 spiro atoms. The molecule has 0 aliphatic carbocycles. The Morgan fingerprint density at radius 2 is 2.36 bits per heavy atom. The minimum absolute atomic E-state index is 0.0129. The van der Waals surface area contributed by atoms with Gasteiger partial charge in [0.1, 0.15) is 11.6 Å². The lowest BCUT2D eigenvalue weighted by molar-refractivity contribution is 0.449. The SMILES string of the molecule is Cc1ncc(F)c(CN)c1O. The number of rotatable bonds is 1. The first kappa shape index (κ1) is 7.94. The molecule has 1 aromatic rings. The van der Waals surface area contributed by atoms with E-state index in [1.165, 1.54) is 0 Å². The van der Waals surface area contributed by atoms with Crippen LogP contribution in [0.25, 0.3) is 0 Å². The molecule has 0 atom stereocenters. The summed E-state index contributed by atoms with van der Waals surface area (Å²) in [6.45, 7) is 1.58. The molecule has 0 bridgehead atoms. The van der Waals surface area contributed by atoms with Crippen molar-refractivity contribution in [2.24, 2.45) is 5.73 Å². The van der Waals surface area contributed by atoms with Gasteiger partial charge in [-0.2, -0.15) is 0 Å². The van der Waals surface area contributed by atoms with Crippen molar-refractivity contribution in [2.45, 2.75) is 13.5 Å². The topological polar surface area (TPSA) is 59.1 Å². The maximum Gasteiger partial charge on any atom is 0.149 e. The predicted molar refractivity (Wildman–Crippen MR) is 38.5 cm³/mol. The fraction of sp³-hybridized carbons (Fsp3) is 0.286. The molecular weight excluding hydrogens is 147 g/mol. The van der Waals surface area contributed by atoms with E-state index in [2.05, 4.69) is 4.98 Å². The Morgan fingerprint density at radius 1 is 1.73 bits per heavy atom. The number of aromatic nitrogens is 1. The largest absolute Gasteiger partial charge is 0.506 e. The fourth-order valence-electron chi connectivity index (χ4n) is 0.818. The highest BCUT2D eigenvalue weighted by Crippen LogP contribution is 2.21. The van der Waals surface area contributed by atoms with Crippen LogP contribution in [0, 0.1) is 12.7 Å². The summed E-state index contributed by atoms with van der Waals surface area (Å²) in [5.41, 5.74) is 5.71. The lowest BCUT2D eigenvalue weighted by atomic mass is 10.2. The molecule has 0 fully saturated rings. The monoisotopic (exact) mass is 156 g/mol. The van der Waals surface area contributed by atoms with Crippen LogP contribution in [0.5, 0.6) is 5.75 Å². The molecular formula is C7H9FN2O. The van der Waals surface area contributed by atoms with E-state index in [0.717, 1.165) is 6.20 Å². The van der Waals surface area contributed by atoms with Gasteiger partial charge in [-0.25, -0.2) is 4.39 Å². The first-order valence-electron chi connectivity index (χ1n) is 3.19. The second kappa shape index (κ2) is 2.84. The minimum Gasteiger partial charge on any atom is -0.506 e. The molecule has 0 aliphatic rings. The highest BCUT2D eigenvalue weighted by molar-refractivity contribution is 5.35. The molecule has 3 N–H and O–H groups in total. The summed E-state index contributed by atoms with van der Waals surface area (Å²) in [7, 11) is 0. The number of nitrogens with zero attached hydrogens (tertiary/aromatic N) is 1. The van der Waals surface area contributed by atoms with E-state index in [1.54, 1.807) is 6.92 Å². The third-order valence-electron chi connectivity index (χ3n) is 1.49. The van der Waals surface area contributed by atoms with Gasteiger partial charge in [0.2, 0.25) is 0 Å². The van der Waals surface area contributed by atoms with E-state index in [0.29, 0.717) is 5.69 Å². The summed E-state index contributed by atoms with van der Waals surface area (Å²) in [4.78, 5) is 3.61. The summed E-state index contributed by atoms with van der Waals surface area (Å²) in [6.07, 6.45) is 1.05. The number of hydrogen-bond donors (Lipinski definition) is 2. The van der Waals surface area contributed by atoms with Crippen molar-refractivity contribution in [2.75, 3.05) is 0 Å². The molecule has 0 aliphatic heterocycles. The lowest BCUT2D eigenvalue weighted by Gasteiger charge is -2.03. The van der Waals surface area contributed by atoms with E-state index in [4.69, 9.17) is 5.73 Å². The first-order chi connectivity index (χ1) is 5.16. The van der Waals surface area contributed by atoms with Crippen LogP contribution in [-0.4, -0.2) is 10.1 Å². The van der Waals surface area contributed by atoms with Gasteiger partial charge in [-0.05, 0) is 6.92 Å². The number of aryl methyl sites for hydroxylation is 1. The van der Waals surface area contributed by atoms with Crippen LogP contribution in [0.1, 0.15) is 11.3 Å². The van der Waals surface area contributed by atoms with Gasteiger partial charge in [0.05, 0.1) is 11.9 Å². The van der Waals surface area contributed by atoms with E-state index in [9.17, 15) is 9.50 Å². The van der Waals surface area contributed by atoms with Gasteiger partial charge in [0.15, 0.2) is 0 Å². The van der Waals surface area contributed by atoms with E-state index in [-0.39, 0.29) is 17.9 Å². The molecule has 1 aromatic heterocycles. The zero-order valence-corrected chi connectivity index (χ0v) is 6.13. The van der Waals surface area contributed by atoms with Gasteiger partial charge in [0.25, 0.3) is 0 Å². The van der Waals surface area contributed by atoms with Gasteiger partial charge in [-0.3, -0.25) is 4.98 Å². The first-order valence-corrected chi connectivity index (χ1v) is 3.19. The van der Waals surface area contributed by atoms with Crippen molar-refractivity contribution in [3.8, 4) is 5.75 Å². The summed E-state index contributed by atoms with van der Waals surface area (Å²) in [5, 5.41) is 9.20. The van der Waals surface area contributed by atoms with Crippen LogP contribution in [0.3, 0.4) is 0 Å². The number of halogens is 1. The standard InChI is InChI=1S/C7H9FN2O/c1-4-7(11)5(2-9)6(8)3-10-4/h3,11H,2,9H2,1H3. The maximum absolute atomic E-state index is 12.7. The normalized spacial score (nSPS) is 10.1. The molecule has 3 nitrogen and oxygen atoms in total. The van der Waals surface area contributed by atoms with Crippen molar-refractivity contribution in [3.63, 3.8) is 0 Å². The molecule has 0 unspecified atom stereocenters. The van der Waals surface area contributed by atoms with Crippen molar-refractivity contribution in [1.29, 1.82) is 0 Å². The molecule has 0 amide bonds. The minimum atomic E-state index is -0.560. The van der Waals surface area contributed by atoms with Crippen molar-refractivity contribution < 1.29 is 9.50 Å². The quantitative estimate of drug-likeness (QED) is 0.629. The van der Waals surface area contributed by atoms with Gasteiger partial charge in [-0.1, -0.05) is 0 Å². The summed E-state index contributed by atoms with van der Waals surface area (Å²) in [6, 6.07) is 0. The second-order valence-corrected chi connectivity index (χ2v) is 2.22. The maximum atomic E-state index is 12.7. The molecule has 1 rings (SSSR count). The van der Waals surface area contributed by atoms with Crippen molar-refractivity contribution in [1.82, 2.24) is 4.98 Å². The van der Waals surface area contributed by atoms with Gasteiger partial charge in [0, 0.05) is 12.1 Å². The zero-order chi connectivity index (χ0) is 8.43. The third-order valence-corrected chi connectivity index (χ3v) is 1.49. The Balaban J connectivity index is 3.29. The summed E-state index contributed by atoms with van der Waals surface area (Å²) in [5.74, 6) is -0.705. The highest BCUT2D eigenvalue weighted by atomic mass is 19.1. The van der Waals surface area contributed by atoms with Crippen molar-refractivity contribution in [3.05, 3.63) is 23.3 Å². The van der Waals surface area contributed by atoms with E-state index < -0.39 is 5.82 Å². The van der Waals surface area contributed by atoms with Crippen LogP contribution in [0.2, 0.25) is 0 Å². The van der Waals surface area contributed by atoms with Crippen molar-refractivity contribution >= 4 is 0 Å². The molecule has 0 saturated heterocycles. The van der Waals surface area contributed by atoms with Crippen LogP contribution in [0.15, 0.2) is 6.20 Å². The number of nitrogens with two attached hydrogens (primary N) is 1. The van der Waals surface area contributed by atoms with Gasteiger partial charge < -0.3 is 10.8 Å². The molecule has 1 heterocycles. The summed E-state index contributed by atoms with van der Waals surface area (Å²) >= 11 is 0. The molecule has 11 heavy (non-hydrogen) atoms. The van der Waals surface area contributed by atoms with Crippen LogP contribution < -0.4 is 5.73 Å². The third kappa shape index (κ3) is 1.30. The Labute approximate surface area is 63.7 Å². The second-order valence-electron chi connectivity index (χ2n) is 2.22. The Bertz CT molecular complexity index is 275. The van der Waals surface area contributed by atoms with Gasteiger partial charge in [-0.15, -0.1) is 0 Å². The highest BCUT2D eigenvalue weighted by Gasteiger charge is 2.08. The van der Waals surface area contributed by atoms with Crippen LogP contribution in [0.4, 0.5) is 4.39 Å². The Morgan fingerprint density at radius 3 is 2.82 bits per heavy atom. The number of pyridine rings is 1. The zero-order valence-electron chi connectivity index (χ0n) is 6.13. The molecule has 0 saturated carbocycles. The fourth-order valence-corrected chi connectivity index (χ4v) is 0.818. The average molecular weight is 156 g/mol. The van der Waals surface area contributed by atoms with Gasteiger partial charge >= 0.3 is 0 Å². The summed E-state index contributed by atoms with van der Waals surface area (Å²) < 4.78 is 12.7. The molecule has 0 radical (unpaired) electrons. The number of aromatic hydroxyl groups is 1. The molecule has 4 heteroatoms. The van der Waals surface area contributed by atoms with E-state index >= 15 is 0 Å². The lowest BCUT2D eigenvalue weighted by Crippen LogP contribution is -2.02. The smallest absolute Gasteiger partial charge is 0.149 e. The van der Waals surface area contributed by atoms with Crippen LogP contribution in [-0.2, 0) is 6.54 Å². The Hall–Kier alpha value is -1.16. The molecule has 60 valence electrons. The molecule has 0 aromatic carbocycles.